The van der Waals surface area contributed by atoms with E-state index in [4.69, 9.17) is 0 Å². The van der Waals surface area contributed by atoms with E-state index in [1.165, 1.54) is 13.2 Å². The van der Waals surface area contributed by atoms with E-state index in [1.807, 2.05) is 0 Å². The number of carbonyl (C=O) groups is 1. The van der Waals surface area contributed by atoms with Crippen LogP contribution >= 0.6 is 0 Å². The molecular weight excluding hydrogens is 227 g/mol. The number of ether oxygens (including phenoxy) is 1. The van der Waals surface area contributed by atoms with Crippen molar-refractivity contribution in [2.75, 3.05) is 7.11 Å². The van der Waals surface area contributed by atoms with Crippen molar-refractivity contribution in [2.45, 2.75) is 11.8 Å². The van der Waals surface area contributed by atoms with Gasteiger partial charge in [-0.3, -0.25) is 4.21 Å². The molecule has 15 heavy (non-hydrogen) atoms. The third kappa shape index (κ3) is 3.39. The molecule has 0 fully saturated rings. The number of aryl methyl sites for hydroxylation is 1. The summed E-state index contributed by atoms with van der Waals surface area (Å²) in [6, 6.07) is 4.60. The predicted octanol–water partition coefficient (Wildman–Crippen LogP) is -1.98. The number of carbonyl (C=O) groups excluding carboxylic acids is 1. The Kier molecular flexibility index (Phi) is 6.31. The van der Waals surface area contributed by atoms with Gasteiger partial charge < -0.3 is 9.29 Å². The molecule has 0 aliphatic rings. The van der Waals surface area contributed by atoms with E-state index in [2.05, 4.69) is 4.74 Å². The Morgan fingerprint density at radius 3 is 2.53 bits per heavy atom. The predicted molar refractivity (Wildman–Crippen MR) is 49.7 cm³/mol. The largest absolute Gasteiger partial charge is 1.00 e. The molecule has 1 atom stereocenters. The first-order chi connectivity index (χ1) is 6.57. The normalized spacial score (nSPS) is 11.4. The number of rotatable bonds is 2. The zero-order valence-electron chi connectivity index (χ0n) is 8.77. The molecule has 0 spiro atoms. The minimum Gasteiger partial charge on any atom is -0.768 e. The van der Waals surface area contributed by atoms with Crippen LogP contribution in [0.15, 0.2) is 23.1 Å². The molecular formula is C9H9NaO4S. The molecule has 6 heteroatoms. The van der Waals surface area contributed by atoms with E-state index < -0.39 is 17.0 Å². The van der Waals surface area contributed by atoms with Crippen LogP contribution in [-0.2, 0) is 15.8 Å². The summed E-state index contributed by atoms with van der Waals surface area (Å²) < 4.78 is 26.1. The zero-order chi connectivity index (χ0) is 10.7. The first-order valence-electron chi connectivity index (χ1n) is 3.85. The number of methoxy groups -OCH3 is 1. The van der Waals surface area contributed by atoms with Gasteiger partial charge in [-0.2, -0.15) is 0 Å². The van der Waals surface area contributed by atoms with Crippen LogP contribution in [0.1, 0.15) is 15.9 Å². The molecule has 0 heterocycles. The van der Waals surface area contributed by atoms with Crippen LogP contribution in [0.3, 0.4) is 0 Å². The fourth-order valence-electron chi connectivity index (χ4n) is 1.14. The maximum absolute atomic E-state index is 11.3. The fraction of sp³-hybridized carbons (Fsp3) is 0.222. The van der Waals surface area contributed by atoms with Crippen molar-refractivity contribution >= 4 is 17.0 Å². The van der Waals surface area contributed by atoms with Crippen molar-refractivity contribution in [3.05, 3.63) is 29.3 Å². The van der Waals surface area contributed by atoms with Gasteiger partial charge in [0.1, 0.15) is 0 Å². The Bertz CT molecular complexity index is 392. The molecule has 1 rings (SSSR count). The molecule has 0 aromatic heterocycles. The Morgan fingerprint density at radius 1 is 1.47 bits per heavy atom. The molecule has 1 aromatic rings. The van der Waals surface area contributed by atoms with Crippen LogP contribution in [0.5, 0.6) is 0 Å². The number of hydrogen-bond acceptors (Lipinski definition) is 4. The second kappa shape index (κ2) is 6.40. The van der Waals surface area contributed by atoms with E-state index in [9.17, 15) is 13.6 Å². The second-order valence-corrected chi connectivity index (χ2v) is 3.58. The fourth-order valence-corrected chi connectivity index (χ4v) is 1.74. The molecule has 1 aromatic carbocycles. The smallest absolute Gasteiger partial charge is 0.768 e. The summed E-state index contributed by atoms with van der Waals surface area (Å²) in [5.41, 5.74) is 0.682. The summed E-state index contributed by atoms with van der Waals surface area (Å²) in [5.74, 6) is -0.637. The van der Waals surface area contributed by atoms with E-state index >= 15 is 0 Å². The third-order valence-electron chi connectivity index (χ3n) is 1.80. The van der Waals surface area contributed by atoms with Crippen molar-refractivity contribution in [1.82, 2.24) is 0 Å². The number of benzene rings is 1. The average molecular weight is 236 g/mol. The van der Waals surface area contributed by atoms with Crippen LogP contribution in [0.4, 0.5) is 0 Å². The van der Waals surface area contributed by atoms with Gasteiger partial charge in [0, 0.05) is 4.90 Å². The third-order valence-corrected chi connectivity index (χ3v) is 2.50. The SMILES string of the molecule is COC(=O)c1c(C)cccc1S(=O)[O-].[Na+]. The molecule has 0 radical (unpaired) electrons. The molecule has 0 aliphatic heterocycles. The summed E-state index contributed by atoms with van der Waals surface area (Å²) >= 11 is -2.42. The van der Waals surface area contributed by atoms with E-state index in [1.54, 1.807) is 19.1 Å². The van der Waals surface area contributed by atoms with Crippen LogP contribution in [0, 0.1) is 6.92 Å². The summed E-state index contributed by atoms with van der Waals surface area (Å²) in [4.78, 5) is 11.2. The molecule has 0 bridgehead atoms. The van der Waals surface area contributed by atoms with Crippen molar-refractivity contribution in [1.29, 1.82) is 0 Å². The first kappa shape index (κ1) is 14.8. The molecule has 76 valence electrons. The topological polar surface area (TPSA) is 66.4 Å². The molecule has 0 aliphatic carbocycles. The second-order valence-electron chi connectivity index (χ2n) is 2.67. The standard InChI is InChI=1S/C9H10O4S.Na/c1-6-4-3-5-7(14(11)12)8(6)9(10)13-2;/h3-5H,1-2H3,(H,11,12);/q;+1/p-1. The van der Waals surface area contributed by atoms with Crippen LogP contribution < -0.4 is 29.6 Å². The number of esters is 1. The molecule has 0 saturated heterocycles. The first-order valence-corrected chi connectivity index (χ1v) is 4.92. The summed E-state index contributed by atoms with van der Waals surface area (Å²) in [6.45, 7) is 1.66. The maximum Gasteiger partial charge on any atom is 1.00 e. The van der Waals surface area contributed by atoms with Gasteiger partial charge in [0.05, 0.1) is 12.7 Å². The van der Waals surface area contributed by atoms with Crippen molar-refractivity contribution in [2.24, 2.45) is 0 Å². The van der Waals surface area contributed by atoms with Gasteiger partial charge in [0.2, 0.25) is 0 Å². The molecule has 1 unspecified atom stereocenters. The Hall–Kier alpha value is -0.200. The van der Waals surface area contributed by atoms with E-state index in [0.717, 1.165) is 0 Å². The van der Waals surface area contributed by atoms with E-state index in [0.29, 0.717) is 5.56 Å². The minimum atomic E-state index is -2.42. The summed E-state index contributed by atoms with van der Waals surface area (Å²) in [6.07, 6.45) is 0. The van der Waals surface area contributed by atoms with Crippen molar-refractivity contribution in [3.63, 3.8) is 0 Å². The molecule has 0 saturated carbocycles. The quantitative estimate of drug-likeness (QED) is 0.339. The van der Waals surface area contributed by atoms with E-state index in [-0.39, 0.29) is 40.0 Å². The van der Waals surface area contributed by atoms with Gasteiger partial charge in [-0.05, 0) is 29.6 Å². The van der Waals surface area contributed by atoms with Gasteiger partial charge in [-0.15, -0.1) is 0 Å². The zero-order valence-corrected chi connectivity index (χ0v) is 11.6. The Morgan fingerprint density at radius 2 is 2.07 bits per heavy atom. The van der Waals surface area contributed by atoms with Crippen LogP contribution in [0.2, 0.25) is 0 Å². The van der Waals surface area contributed by atoms with Gasteiger partial charge in [-0.1, -0.05) is 12.1 Å². The van der Waals surface area contributed by atoms with Gasteiger partial charge in [0.25, 0.3) is 0 Å². The number of hydrogen-bond donors (Lipinski definition) is 0. The maximum atomic E-state index is 11.3. The minimum absolute atomic E-state index is 0. The van der Waals surface area contributed by atoms with Gasteiger partial charge in [-0.25, -0.2) is 4.79 Å². The average Bonchev–Trinajstić information content (AvgIpc) is 2.16. The summed E-state index contributed by atoms with van der Waals surface area (Å²) in [5, 5.41) is 0. The van der Waals surface area contributed by atoms with Gasteiger partial charge >= 0.3 is 35.5 Å². The van der Waals surface area contributed by atoms with Gasteiger partial charge in [0.15, 0.2) is 0 Å². The summed E-state index contributed by atoms with van der Waals surface area (Å²) in [7, 11) is 1.21. The van der Waals surface area contributed by atoms with Crippen molar-refractivity contribution in [3.8, 4) is 0 Å². The molecule has 4 nitrogen and oxygen atoms in total. The Labute approximate surface area is 113 Å². The molecule has 0 amide bonds. The van der Waals surface area contributed by atoms with Crippen molar-refractivity contribution < 1.29 is 47.9 Å². The monoisotopic (exact) mass is 236 g/mol. The Balaban J connectivity index is 0.00000196. The molecule has 0 N–H and O–H groups in total. The van der Waals surface area contributed by atoms with Crippen LogP contribution in [-0.4, -0.2) is 21.8 Å². The van der Waals surface area contributed by atoms with Crippen LogP contribution in [0.25, 0.3) is 0 Å².